The lowest BCUT2D eigenvalue weighted by atomic mass is 10.2. The van der Waals surface area contributed by atoms with E-state index >= 15 is 0 Å². The van der Waals surface area contributed by atoms with Gasteiger partial charge in [0.2, 0.25) is 5.91 Å². The normalized spacial score (nSPS) is 11.6. The average molecular weight is 426 g/mol. The second-order valence-corrected chi connectivity index (χ2v) is 9.01. The molecule has 0 bridgehead atoms. The summed E-state index contributed by atoms with van der Waals surface area (Å²) in [5.74, 6) is -0.540. The number of fused-ring (bicyclic) bond motifs is 1. The molecule has 3 rings (SSSR count). The molecule has 1 heterocycles. The number of hydrogen-bond donors (Lipinski definition) is 0. The number of hydrogen-bond acceptors (Lipinski definition) is 6. The van der Waals surface area contributed by atoms with Crippen LogP contribution >= 0.6 is 22.9 Å². The Morgan fingerprint density at radius 3 is 2.56 bits per heavy atom. The third-order valence-electron chi connectivity index (χ3n) is 3.87. The molecule has 9 heteroatoms. The molecule has 1 aromatic heterocycles. The summed E-state index contributed by atoms with van der Waals surface area (Å²) < 4.78 is 32.6. The molecule has 0 saturated carbocycles. The van der Waals surface area contributed by atoms with Crippen LogP contribution in [0.15, 0.2) is 56.6 Å². The Labute approximate surface area is 165 Å². The largest absolute Gasteiger partial charge is 0.414 e. The zero-order valence-electron chi connectivity index (χ0n) is 14.3. The third-order valence-corrected chi connectivity index (χ3v) is 6.67. The molecule has 3 aromatic rings. The first-order valence-corrected chi connectivity index (χ1v) is 10.8. The highest BCUT2D eigenvalue weighted by Gasteiger charge is 2.31. The number of amides is 1. The van der Waals surface area contributed by atoms with Crippen LogP contribution in [0.5, 0.6) is 0 Å². The number of unbranched alkanes of at least 4 members (excludes halogenated alkanes) is 1. The van der Waals surface area contributed by atoms with E-state index in [1.807, 2.05) is 6.92 Å². The number of carbonyl (C=O) groups excluding carboxylic acids is 1. The second kappa shape index (κ2) is 7.84. The second-order valence-electron chi connectivity index (χ2n) is 5.81. The number of anilines is 1. The van der Waals surface area contributed by atoms with Crippen LogP contribution in [0.3, 0.4) is 0 Å². The molecule has 0 spiro atoms. The minimum Gasteiger partial charge on any atom is -0.414 e. The topological polar surface area (TPSA) is 84.7 Å². The van der Waals surface area contributed by atoms with Crippen LogP contribution in [0.4, 0.5) is 5.69 Å². The Bertz CT molecular complexity index is 1130. The van der Waals surface area contributed by atoms with E-state index in [4.69, 9.17) is 16.0 Å². The van der Waals surface area contributed by atoms with Crippen LogP contribution in [-0.4, -0.2) is 14.3 Å². The lowest BCUT2D eigenvalue weighted by molar-refractivity contribution is -0.117. The molecular weight excluding hydrogens is 410 g/mol. The van der Waals surface area contributed by atoms with E-state index in [0.717, 1.165) is 22.1 Å². The van der Waals surface area contributed by atoms with Crippen molar-refractivity contribution in [2.45, 2.75) is 31.1 Å². The molecule has 1 amide bonds. The maximum absolute atomic E-state index is 13.2. The first-order valence-electron chi connectivity index (χ1n) is 8.20. The van der Waals surface area contributed by atoms with Gasteiger partial charge in [0.05, 0.1) is 15.3 Å². The van der Waals surface area contributed by atoms with Gasteiger partial charge in [-0.1, -0.05) is 36.3 Å². The molecule has 0 unspecified atom stereocenters. The van der Waals surface area contributed by atoms with Gasteiger partial charge in [-0.15, -0.1) is 0 Å². The summed E-state index contributed by atoms with van der Waals surface area (Å²) in [5, 5.41) is 0.391. The van der Waals surface area contributed by atoms with Crippen molar-refractivity contribution in [2.75, 3.05) is 4.31 Å². The van der Waals surface area contributed by atoms with E-state index in [-0.39, 0.29) is 17.0 Å². The van der Waals surface area contributed by atoms with Gasteiger partial charge in [0, 0.05) is 11.4 Å². The number of nitrogens with zero attached hydrogens (tertiary/aromatic N) is 1. The predicted molar refractivity (Wildman–Crippen MR) is 106 cm³/mol. The molecule has 0 saturated heterocycles. The Balaban J connectivity index is 2.13. The highest BCUT2D eigenvalue weighted by Crippen LogP contribution is 2.30. The van der Waals surface area contributed by atoms with E-state index in [1.165, 1.54) is 42.5 Å². The van der Waals surface area contributed by atoms with Crippen LogP contribution in [0.2, 0.25) is 5.02 Å². The van der Waals surface area contributed by atoms with E-state index in [2.05, 4.69) is 0 Å². The quantitative estimate of drug-likeness (QED) is 0.583. The van der Waals surface area contributed by atoms with Gasteiger partial charge < -0.3 is 4.42 Å². The summed E-state index contributed by atoms with van der Waals surface area (Å²) in [5.41, 5.74) is 0.509. The third kappa shape index (κ3) is 4.07. The van der Waals surface area contributed by atoms with Crippen LogP contribution in [0, 0.1) is 0 Å². The minimum absolute atomic E-state index is 0.0442. The number of benzene rings is 2. The van der Waals surface area contributed by atoms with E-state index in [1.54, 1.807) is 0 Å². The van der Waals surface area contributed by atoms with Crippen LogP contribution in [0.1, 0.15) is 26.2 Å². The van der Waals surface area contributed by atoms with Crippen LogP contribution in [-0.2, 0) is 14.8 Å². The van der Waals surface area contributed by atoms with Gasteiger partial charge in [-0.2, -0.15) is 0 Å². The molecule has 0 fully saturated rings. The van der Waals surface area contributed by atoms with Gasteiger partial charge in [0.15, 0.2) is 0 Å². The summed E-state index contributed by atoms with van der Waals surface area (Å²) in [6.07, 6.45) is 1.40. The molecule has 0 N–H and O–H groups in total. The Morgan fingerprint density at radius 1 is 1.19 bits per heavy atom. The number of sulfonamides is 1. The molecule has 2 aromatic carbocycles. The zero-order valence-corrected chi connectivity index (χ0v) is 16.7. The number of halogens is 1. The van der Waals surface area contributed by atoms with Gasteiger partial charge in [-0.25, -0.2) is 17.5 Å². The van der Waals surface area contributed by atoms with Gasteiger partial charge in [0.25, 0.3) is 10.0 Å². The van der Waals surface area contributed by atoms with Crippen molar-refractivity contribution in [1.29, 1.82) is 0 Å². The molecule has 0 radical (unpaired) electrons. The van der Waals surface area contributed by atoms with Crippen molar-refractivity contribution in [1.82, 2.24) is 0 Å². The summed E-state index contributed by atoms with van der Waals surface area (Å²) in [7, 11) is -4.14. The highest BCUT2D eigenvalue weighted by molar-refractivity contribution is 7.93. The van der Waals surface area contributed by atoms with E-state index < -0.39 is 20.9 Å². The lowest BCUT2D eigenvalue weighted by Gasteiger charge is -2.22. The predicted octanol–water partition coefficient (Wildman–Crippen LogP) is 4.42. The fourth-order valence-corrected chi connectivity index (χ4v) is 4.81. The first-order chi connectivity index (χ1) is 12.8. The molecular formula is C18H16ClNO5S2. The maximum atomic E-state index is 13.2. The fourth-order valence-electron chi connectivity index (χ4n) is 2.55. The standard InChI is InChI=1S/C18H16ClNO5S2/c1-2-3-4-17(21)20(27(23,24)14-8-5-12(19)6-9-14)13-7-10-15-16(11-13)26-18(22)25-15/h5-11H,2-4H2,1H3. The Hall–Kier alpha value is -2.16. The van der Waals surface area contributed by atoms with Crippen molar-refractivity contribution in [2.24, 2.45) is 0 Å². The SMILES string of the molecule is CCCCC(=O)N(c1ccc2oc(=O)sc2c1)S(=O)(=O)c1ccc(Cl)cc1. The zero-order chi connectivity index (χ0) is 19.6. The summed E-state index contributed by atoms with van der Waals surface area (Å²) in [6.45, 7) is 1.92. The smallest absolute Gasteiger partial charge is 0.396 e. The van der Waals surface area contributed by atoms with Crippen molar-refractivity contribution in [3.8, 4) is 0 Å². The minimum atomic E-state index is -4.14. The van der Waals surface area contributed by atoms with Gasteiger partial charge >= 0.3 is 4.94 Å². The molecule has 6 nitrogen and oxygen atoms in total. The van der Waals surface area contributed by atoms with Crippen molar-refractivity contribution in [3.63, 3.8) is 0 Å². The molecule has 27 heavy (non-hydrogen) atoms. The molecule has 142 valence electrons. The highest BCUT2D eigenvalue weighted by atomic mass is 35.5. The summed E-state index contributed by atoms with van der Waals surface area (Å²) in [4.78, 5) is 23.7. The Kier molecular flexibility index (Phi) is 5.69. The van der Waals surface area contributed by atoms with Gasteiger partial charge in [0.1, 0.15) is 5.58 Å². The Morgan fingerprint density at radius 2 is 1.89 bits per heavy atom. The molecule has 0 atom stereocenters. The van der Waals surface area contributed by atoms with Crippen molar-refractivity contribution < 1.29 is 17.6 Å². The van der Waals surface area contributed by atoms with Crippen LogP contribution in [0.25, 0.3) is 10.3 Å². The number of rotatable bonds is 6. The average Bonchev–Trinajstić information content (AvgIpc) is 2.99. The summed E-state index contributed by atoms with van der Waals surface area (Å²) in [6, 6.07) is 10.0. The fraction of sp³-hybridized carbons (Fsp3) is 0.222. The van der Waals surface area contributed by atoms with Gasteiger partial charge in [-0.3, -0.25) is 4.79 Å². The van der Waals surface area contributed by atoms with Crippen LogP contribution < -0.4 is 9.24 Å². The lowest BCUT2D eigenvalue weighted by Crippen LogP contribution is -2.36. The van der Waals surface area contributed by atoms with E-state index in [9.17, 15) is 18.0 Å². The van der Waals surface area contributed by atoms with Crippen molar-refractivity contribution >= 4 is 54.8 Å². The van der Waals surface area contributed by atoms with E-state index in [0.29, 0.717) is 21.7 Å². The van der Waals surface area contributed by atoms with Gasteiger partial charge in [-0.05, 0) is 48.9 Å². The molecule has 0 aliphatic heterocycles. The first kappa shape index (κ1) is 19.6. The van der Waals surface area contributed by atoms with Crippen molar-refractivity contribution in [3.05, 3.63) is 57.2 Å². The maximum Gasteiger partial charge on any atom is 0.396 e. The number of carbonyl (C=O) groups is 1. The summed E-state index contributed by atoms with van der Waals surface area (Å²) >= 11 is 6.69. The molecule has 0 aliphatic carbocycles. The monoisotopic (exact) mass is 425 g/mol. The molecule has 0 aliphatic rings.